The number of rotatable bonds is 5. The number of ether oxygens (including phenoxy) is 1. The van der Waals surface area contributed by atoms with Crippen LogP contribution in [0.2, 0.25) is 0 Å². The summed E-state index contributed by atoms with van der Waals surface area (Å²) in [7, 11) is 0. The van der Waals surface area contributed by atoms with Crippen LogP contribution < -0.4 is 15.0 Å². The minimum absolute atomic E-state index is 0.268. The highest BCUT2D eigenvalue weighted by molar-refractivity contribution is 6.05. The average Bonchev–Trinajstić information content (AvgIpc) is 3.20. The molecule has 172 valence electrons. The molecule has 1 atom stereocenters. The Labute approximate surface area is 187 Å². The molecule has 1 aliphatic heterocycles. The molecule has 0 aliphatic carbocycles. The van der Waals surface area contributed by atoms with E-state index >= 15 is 0 Å². The summed E-state index contributed by atoms with van der Waals surface area (Å²) in [5.74, 6) is -0.211. The Morgan fingerprint density at radius 2 is 1.91 bits per heavy atom. The molecule has 33 heavy (non-hydrogen) atoms. The van der Waals surface area contributed by atoms with Crippen molar-refractivity contribution in [1.29, 1.82) is 0 Å². The van der Waals surface area contributed by atoms with Gasteiger partial charge in [0.05, 0.1) is 11.7 Å². The third kappa shape index (κ3) is 5.58. The minimum atomic E-state index is -4.79. The van der Waals surface area contributed by atoms with Gasteiger partial charge < -0.3 is 20.1 Å². The second-order valence-corrected chi connectivity index (χ2v) is 7.70. The van der Waals surface area contributed by atoms with Gasteiger partial charge >= 0.3 is 6.36 Å². The second kappa shape index (κ2) is 9.07. The van der Waals surface area contributed by atoms with Gasteiger partial charge in [-0.1, -0.05) is 6.07 Å². The van der Waals surface area contributed by atoms with Gasteiger partial charge in [-0.3, -0.25) is 9.78 Å². The van der Waals surface area contributed by atoms with Crippen molar-refractivity contribution in [2.24, 2.45) is 0 Å². The van der Waals surface area contributed by atoms with Gasteiger partial charge in [-0.15, -0.1) is 13.2 Å². The summed E-state index contributed by atoms with van der Waals surface area (Å²) in [6.45, 7) is 2.95. The number of carbonyl (C=O) groups excluding carboxylic acids is 1. The van der Waals surface area contributed by atoms with Crippen LogP contribution >= 0.6 is 0 Å². The Balaban J connectivity index is 1.59. The second-order valence-electron chi connectivity index (χ2n) is 7.70. The van der Waals surface area contributed by atoms with E-state index in [4.69, 9.17) is 0 Å². The standard InChI is InChI=1S/C23H21F3N4O3/c1-14-2-3-15(11-27-14)20-10-16(12-28-21(20)30-9-8-18(31)13-30)22(32)29-17-4-6-19(7-5-17)33-23(24,25)26/h2-7,10-12,18,31H,8-9,13H2,1H3,(H,29,32)/t18-/m1/s1. The van der Waals surface area contributed by atoms with Gasteiger partial charge in [0, 0.05) is 48.0 Å². The highest BCUT2D eigenvalue weighted by atomic mass is 19.4. The number of nitrogens with one attached hydrogen (secondary N) is 1. The summed E-state index contributed by atoms with van der Waals surface area (Å²) in [5.41, 5.74) is 2.88. The SMILES string of the molecule is Cc1ccc(-c2cc(C(=O)Nc3ccc(OC(F)(F)F)cc3)cnc2N2CC[C@@H](O)C2)cn1. The van der Waals surface area contributed by atoms with E-state index in [0.29, 0.717) is 36.6 Å². The minimum Gasteiger partial charge on any atom is -0.406 e. The van der Waals surface area contributed by atoms with Gasteiger partial charge in [0.15, 0.2) is 0 Å². The van der Waals surface area contributed by atoms with E-state index in [-0.39, 0.29) is 11.3 Å². The molecule has 1 fully saturated rings. The molecule has 0 bridgehead atoms. The van der Waals surface area contributed by atoms with Crippen molar-refractivity contribution in [2.45, 2.75) is 25.8 Å². The van der Waals surface area contributed by atoms with Crippen molar-refractivity contribution >= 4 is 17.4 Å². The number of pyridine rings is 2. The zero-order valence-electron chi connectivity index (χ0n) is 17.6. The number of hydrogen-bond acceptors (Lipinski definition) is 6. The van der Waals surface area contributed by atoms with Gasteiger partial charge in [0.25, 0.3) is 5.91 Å². The molecule has 2 aromatic heterocycles. The van der Waals surface area contributed by atoms with Crippen LogP contribution in [0.15, 0.2) is 54.9 Å². The molecule has 0 unspecified atom stereocenters. The number of halogens is 3. The van der Waals surface area contributed by atoms with E-state index in [1.807, 2.05) is 24.0 Å². The molecule has 0 spiro atoms. The number of aryl methyl sites for hydroxylation is 1. The first-order valence-electron chi connectivity index (χ1n) is 10.2. The number of benzene rings is 1. The van der Waals surface area contributed by atoms with Gasteiger partial charge in [0.2, 0.25) is 0 Å². The van der Waals surface area contributed by atoms with Crippen LogP contribution in [-0.2, 0) is 0 Å². The van der Waals surface area contributed by atoms with Crippen LogP contribution in [0.3, 0.4) is 0 Å². The number of alkyl halides is 3. The van der Waals surface area contributed by atoms with E-state index < -0.39 is 18.4 Å². The zero-order valence-corrected chi connectivity index (χ0v) is 17.6. The number of carbonyl (C=O) groups is 1. The van der Waals surface area contributed by atoms with Crippen molar-refractivity contribution in [3.63, 3.8) is 0 Å². The maximum atomic E-state index is 12.8. The van der Waals surface area contributed by atoms with Gasteiger partial charge in [-0.2, -0.15) is 0 Å². The van der Waals surface area contributed by atoms with Gasteiger partial charge in [-0.25, -0.2) is 4.98 Å². The first kappa shape index (κ1) is 22.5. The van der Waals surface area contributed by atoms with Crippen molar-refractivity contribution in [3.05, 3.63) is 66.1 Å². The fraction of sp³-hybridized carbons (Fsp3) is 0.261. The predicted octanol–water partition coefficient (Wildman–Crippen LogP) is 4.17. The first-order chi connectivity index (χ1) is 15.7. The molecule has 1 saturated heterocycles. The summed E-state index contributed by atoms with van der Waals surface area (Å²) in [6, 6.07) is 10.3. The lowest BCUT2D eigenvalue weighted by Crippen LogP contribution is -2.23. The molecule has 0 saturated carbocycles. The summed E-state index contributed by atoms with van der Waals surface area (Å²) in [5, 5.41) is 12.6. The van der Waals surface area contributed by atoms with E-state index in [1.54, 1.807) is 12.3 Å². The monoisotopic (exact) mass is 458 g/mol. The molecule has 3 heterocycles. The number of aliphatic hydroxyl groups is 1. The summed E-state index contributed by atoms with van der Waals surface area (Å²) < 4.78 is 40.8. The first-order valence-corrected chi connectivity index (χ1v) is 10.2. The molecule has 4 rings (SSSR count). The molecule has 3 aromatic rings. The van der Waals surface area contributed by atoms with Gasteiger partial charge in [-0.05, 0) is 49.7 Å². The molecule has 10 heteroatoms. The maximum Gasteiger partial charge on any atom is 0.573 e. The molecular formula is C23H21F3N4O3. The zero-order chi connectivity index (χ0) is 23.6. The van der Waals surface area contributed by atoms with Crippen LogP contribution in [0.5, 0.6) is 5.75 Å². The fourth-order valence-electron chi connectivity index (χ4n) is 3.55. The highest BCUT2D eigenvalue weighted by Crippen LogP contribution is 2.32. The van der Waals surface area contributed by atoms with E-state index in [0.717, 1.165) is 23.4 Å². The van der Waals surface area contributed by atoms with Crippen LogP contribution in [0.1, 0.15) is 22.5 Å². The third-order valence-electron chi connectivity index (χ3n) is 5.16. The van der Waals surface area contributed by atoms with Crippen molar-refractivity contribution in [2.75, 3.05) is 23.3 Å². The van der Waals surface area contributed by atoms with Crippen molar-refractivity contribution in [3.8, 4) is 16.9 Å². The lowest BCUT2D eigenvalue weighted by molar-refractivity contribution is -0.274. The fourth-order valence-corrected chi connectivity index (χ4v) is 3.55. The number of hydrogen-bond donors (Lipinski definition) is 2. The van der Waals surface area contributed by atoms with E-state index in [2.05, 4.69) is 20.0 Å². The topological polar surface area (TPSA) is 87.6 Å². The maximum absolute atomic E-state index is 12.8. The number of amides is 1. The Morgan fingerprint density at radius 1 is 1.15 bits per heavy atom. The highest BCUT2D eigenvalue weighted by Gasteiger charge is 2.31. The third-order valence-corrected chi connectivity index (χ3v) is 5.16. The smallest absolute Gasteiger partial charge is 0.406 e. The Morgan fingerprint density at radius 3 is 2.52 bits per heavy atom. The Kier molecular flexibility index (Phi) is 6.19. The summed E-state index contributed by atoms with van der Waals surface area (Å²) in [6.07, 6.45) is -1.47. The molecule has 2 N–H and O–H groups in total. The van der Waals surface area contributed by atoms with Crippen molar-refractivity contribution in [1.82, 2.24) is 9.97 Å². The Bertz CT molecular complexity index is 1140. The number of anilines is 2. The van der Waals surface area contributed by atoms with Crippen molar-refractivity contribution < 1.29 is 27.8 Å². The average molecular weight is 458 g/mol. The quantitative estimate of drug-likeness (QED) is 0.597. The van der Waals surface area contributed by atoms with Crippen LogP contribution in [-0.4, -0.2) is 46.5 Å². The lowest BCUT2D eigenvalue weighted by atomic mass is 10.1. The van der Waals surface area contributed by atoms with Gasteiger partial charge in [0.1, 0.15) is 11.6 Å². The molecule has 1 amide bonds. The number of β-amino-alcohol motifs (C(OH)–C–C–N with tert-alkyl or cyclic N) is 1. The number of nitrogens with zero attached hydrogens (tertiary/aromatic N) is 3. The Hall–Kier alpha value is -3.66. The predicted molar refractivity (Wildman–Crippen MR) is 116 cm³/mol. The molecular weight excluding hydrogens is 437 g/mol. The van der Waals surface area contributed by atoms with Crippen LogP contribution in [0, 0.1) is 6.92 Å². The number of aliphatic hydroxyl groups excluding tert-OH is 1. The molecule has 1 aliphatic rings. The van der Waals surface area contributed by atoms with Crippen LogP contribution in [0.25, 0.3) is 11.1 Å². The summed E-state index contributed by atoms with van der Waals surface area (Å²) >= 11 is 0. The largest absolute Gasteiger partial charge is 0.573 e. The molecule has 1 aromatic carbocycles. The molecule has 0 radical (unpaired) electrons. The number of aromatic nitrogens is 2. The molecule has 7 nitrogen and oxygen atoms in total. The van der Waals surface area contributed by atoms with E-state index in [9.17, 15) is 23.1 Å². The van der Waals surface area contributed by atoms with E-state index in [1.165, 1.54) is 18.3 Å². The normalized spacial score (nSPS) is 16.0. The lowest BCUT2D eigenvalue weighted by Gasteiger charge is -2.21. The van der Waals surface area contributed by atoms with Crippen LogP contribution in [0.4, 0.5) is 24.7 Å². The summed E-state index contributed by atoms with van der Waals surface area (Å²) in [4.78, 5) is 23.6.